The molecule has 2 N–H and O–H groups in total. The number of rotatable bonds is 6. The van der Waals surface area contributed by atoms with Crippen molar-refractivity contribution in [3.63, 3.8) is 0 Å². The highest BCUT2D eigenvalue weighted by atomic mass is 16.5. The predicted molar refractivity (Wildman–Crippen MR) is 126 cm³/mol. The van der Waals surface area contributed by atoms with Gasteiger partial charge >= 0.3 is 0 Å². The number of nitriles is 1. The largest absolute Gasteiger partial charge is 0.490 e. The first-order chi connectivity index (χ1) is 15.9. The summed E-state index contributed by atoms with van der Waals surface area (Å²) in [6.07, 6.45) is 2.04. The van der Waals surface area contributed by atoms with Gasteiger partial charge in [-0.15, -0.1) is 0 Å². The molecule has 33 heavy (non-hydrogen) atoms. The van der Waals surface area contributed by atoms with Crippen molar-refractivity contribution in [2.24, 2.45) is 5.73 Å². The number of ketones is 1. The van der Waals surface area contributed by atoms with Gasteiger partial charge in [-0.1, -0.05) is 35.9 Å². The molecule has 0 amide bonds. The molecule has 1 heterocycles. The number of hydrogen-bond acceptors (Lipinski definition) is 6. The number of aryl methyl sites for hydroxylation is 1. The molecule has 1 aliphatic heterocycles. The zero-order chi connectivity index (χ0) is 23.5. The molecule has 0 bridgehead atoms. The second-order valence-electron chi connectivity index (χ2n) is 8.45. The van der Waals surface area contributed by atoms with Gasteiger partial charge in [-0.2, -0.15) is 5.26 Å². The van der Waals surface area contributed by atoms with Crippen LogP contribution in [0.4, 0.5) is 0 Å². The Kier molecular flexibility index (Phi) is 6.41. The lowest BCUT2D eigenvalue weighted by Crippen LogP contribution is -2.36. The van der Waals surface area contributed by atoms with Crippen LogP contribution in [0.25, 0.3) is 0 Å². The summed E-state index contributed by atoms with van der Waals surface area (Å²) in [4.78, 5) is 14.8. The summed E-state index contributed by atoms with van der Waals surface area (Å²) < 4.78 is 12.0. The van der Waals surface area contributed by atoms with Crippen LogP contribution in [0.2, 0.25) is 0 Å². The van der Waals surface area contributed by atoms with Gasteiger partial charge in [-0.05, 0) is 49.9 Å². The first kappa shape index (κ1) is 22.5. The number of carbonyl (C=O) groups is 1. The van der Waals surface area contributed by atoms with Crippen LogP contribution < -0.4 is 15.2 Å². The highest BCUT2D eigenvalue weighted by Gasteiger charge is 2.38. The molecule has 0 saturated heterocycles. The van der Waals surface area contributed by atoms with Crippen molar-refractivity contribution in [1.82, 2.24) is 4.90 Å². The standard InChI is InChI=1S/C27H29N3O3/c1-4-32-24-14-19(12-13-23(24)33-16-18-10-8-17(2)9-11-18)25-20(15-28)27(29)30(3)21-6-5-7-22(31)26(21)25/h8-14,25H,4-7,16,29H2,1-3H3/t25-/m1/s1. The minimum absolute atomic E-state index is 0.0750. The number of carbonyl (C=O) groups excluding carboxylic acids is 1. The highest BCUT2D eigenvalue weighted by molar-refractivity contribution is 5.99. The normalized spacial score (nSPS) is 18.2. The Morgan fingerprint density at radius 1 is 1.12 bits per heavy atom. The van der Waals surface area contributed by atoms with E-state index in [0.29, 0.717) is 48.1 Å². The van der Waals surface area contributed by atoms with E-state index in [1.54, 1.807) is 4.90 Å². The molecule has 0 unspecified atom stereocenters. The molecule has 1 atom stereocenters. The van der Waals surface area contributed by atoms with Crippen molar-refractivity contribution < 1.29 is 14.3 Å². The van der Waals surface area contributed by atoms with E-state index >= 15 is 0 Å². The number of benzene rings is 2. The molecule has 2 aromatic carbocycles. The SMILES string of the molecule is CCOc1cc([C@@H]2C(C#N)=C(N)N(C)C3=C2C(=O)CCC3)ccc1OCc1ccc(C)cc1. The zero-order valence-corrected chi connectivity index (χ0v) is 19.4. The number of allylic oxidation sites excluding steroid dienone is 3. The van der Waals surface area contributed by atoms with Crippen molar-refractivity contribution in [2.45, 2.75) is 45.6 Å². The summed E-state index contributed by atoms with van der Waals surface area (Å²) in [5.41, 5.74) is 11.4. The van der Waals surface area contributed by atoms with E-state index < -0.39 is 5.92 Å². The van der Waals surface area contributed by atoms with Gasteiger partial charge < -0.3 is 20.1 Å². The predicted octanol–water partition coefficient (Wildman–Crippen LogP) is 4.70. The molecule has 0 radical (unpaired) electrons. The van der Waals surface area contributed by atoms with Crippen LogP contribution >= 0.6 is 0 Å². The summed E-state index contributed by atoms with van der Waals surface area (Å²) in [5, 5.41) is 9.94. The molecule has 0 spiro atoms. The van der Waals surface area contributed by atoms with Gasteiger partial charge in [0.1, 0.15) is 12.4 Å². The van der Waals surface area contributed by atoms with E-state index in [-0.39, 0.29) is 5.78 Å². The van der Waals surface area contributed by atoms with E-state index in [4.69, 9.17) is 15.2 Å². The topological polar surface area (TPSA) is 88.6 Å². The first-order valence-corrected chi connectivity index (χ1v) is 11.3. The maximum absolute atomic E-state index is 13.0. The van der Waals surface area contributed by atoms with Crippen LogP contribution in [0, 0.1) is 18.3 Å². The lowest BCUT2D eigenvalue weighted by molar-refractivity contribution is -0.116. The van der Waals surface area contributed by atoms with Crippen LogP contribution in [0.15, 0.2) is 65.1 Å². The maximum Gasteiger partial charge on any atom is 0.161 e. The van der Waals surface area contributed by atoms with Gasteiger partial charge in [0.25, 0.3) is 0 Å². The smallest absolute Gasteiger partial charge is 0.161 e. The lowest BCUT2D eigenvalue weighted by atomic mass is 9.76. The molecule has 0 aromatic heterocycles. The molecule has 0 saturated carbocycles. The molecule has 0 fully saturated rings. The van der Waals surface area contributed by atoms with E-state index in [1.165, 1.54) is 5.56 Å². The van der Waals surface area contributed by atoms with Crippen molar-refractivity contribution in [2.75, 3.05) is 13.7 Å². The Bertz CT molecular complexity index is 1170. The average molecular weight is 444 g/mol. The van der Waals surface area contributed by atoms with Crippen molar-refractivity contribution in [1.29, 1.82) is 5.26 Å². The molecule has 170 valence electrons. The van der Waals surface area contributed by atoms with E-state index in [0.717, 1.165) is 29.7 Å². The van der Waals surface area contributed by atoms with Crippen LogP contribution in [0.5, 0.6) is 11.5 Å². The number of nitrogens with two attached hydrogens (primary N) is 1. The molecular weight excluding hydrogens is 414 g/mol. The fourth-order valence-corrected chi connectivity index (χ4v) is 4.53. The van der Waals surface area contributed by atoms with Gasteiger partial charge in [0, 0.05) is 24.7 Å². The second-order valence-corrected chi connectivity index (χ2v) is 8.45. The second kappa shape index (κ2) is 9.41. The van der Waals surface area contributed by atoms with Crippen LogP contribution in [0.1, 0.15) is 48.8 Å². The minimum Gasteiger partial charge on any atom is -0.490 e. The van der Waals surface area contributed by atoms with Crippen molar-refractivity contribution in [3.8, 4) is 17.6 Å². The molecule has 6 heteroatoms. The summed E-state index contributed by atoms with van der Waals surface area (Å²) in [7, 11) is 1.82. The van der Waals surface area contributed by atoms with Crippen LogP contribution in [-0.2, 0) is 11.4 Å². The zero-order valence-electron chi connectivity index (χ0n) is 19.4. The lowest BCUT2D eigenvalue weighted by Gasteiger charge is -2.37. The fourth-order valence-electron chi connectivity index (χ4n) is 4.53. The third-order valence-corrected chi connectivity index (χ3v) is 6.28. The Morgan fingerprint density at radius 2 is 1.88 bits per heavy atom. The third kappa shape index (κ3) is 4.31. The van der Waals surface area contributed by atoms with Crippen molar-refractivity contribution >= 4 is 5.78 Å². The van der Waals surface area contributed by atoms with Gasteiger partial charge in [-0.25, -0.2) is 0 Å². The molecule has 2 aromatic rings. The first-order valence-electron chi connectivity index (χ1n) is 11.3. The van der Waals surface area contributed by atoms with Crippen LogP contribution in [-0.4, -0.2) is 24.3 Å². The summed E-state index contributed by atoms with van der Waals surface area (Å²) >= 11 is 0. The summed E-state index contributed by atoms with van der Waals surface area (Å²) in [6, 6.07) is 16.1. The Balaban J connectivity index is 1.72. The average Bonchev–Trinajstić information content (AvgIpc) is 2.82. The minimum atomic E-state index is -0.501. The molecule has 4 rings (SSSR count). The number of ether oxygens (including phenoxy) is 2. The fraction of sp³-hybridized carbons (Fsp3) is 0.333. The van der Waals surface area contributed by atoms with Crippen molar-refractivity contribution in [3.05, 3.63) is 81.8 Å². The molecular formula is C27H29N3O3. The number of hydrogen-bond donors (Lipinski definition) is 1. The Hall–Kier alpha value is -3.72. The number of nitrogens with zero attached hydrogens (tertiary/aromatic N) is 2. The van der Waals surface area contributed by atoms with E-state index in [2.05, 4.69) is 18.2 Å². The monoisotopic (exact) mass is 443 g/mol. The van der Waals surface area contributed by atoms with Gasteiger partial charge in [0.15, 0.2) is 17.3 Å². The third-order valence-electron chi connectivity index (χ3n) is 6.28. The van der Waals surface area contributed by atoms with E-state index in [9.17, 15) is 10.1 Å². The molecule has 1 aliphatic carbocycles. The van der Waals surface area contributed by atoms with Gasteiger partial charge in [0.2, 0.25) is 0 Å². The summed E-state index contributed by atoms with van der Waals surface area (Å²) in [6.45, 7) is 4.84. The van der Waals surface area contributed by atoms with Gasteiger partial charge in [0.05, 0.1) is 24.2 Å². The summed E-state index contributed by atoms with van der Waals surface area (Å²) in [5.74, 6) is 1.18. The molecule has 2 aliphatic rings. The van der Waals surface area contributed by atoms with E-state index in [1.807, 2.05) is 51.2 Å². The van der Waals surface area contributed by atoms with Crippen LogP contribution in [0.3, 0.4) is 0 Å². The Morgan fingerprint density at radius 3 is 2.58 bits per heavy atom. The number of Topliss-reactive ketones (excluding diaryl/α,β-unsaturated/α-hetero) is 1. The van der Waals surface area contributed by atoms with Gasteiger partial charge in [-0.3, -0.25) is 4.79 Å². The maximum atomic E-state index is 13.0. The Labute approximate surface area is 194 Å². The molecule has 6 nitrogen and oxygen atoms in total. The highest BCUT2D eigenvalue weighted by Crippen LogP contribution is 2.45. The quantitative estimate of drug-likeness (QED) is 0.696.